The van der Waals surface area contributed by atoms with Crippen LogP contribution in [0.4, 0.5) is 0 Å². The van der Waals surface area contributed by atoms with Crippen LogP contribution in [0.5, 0.6) is 11.5 Å². The lowest BCUT2D eigenvalue weighted by molar-refractivity contribution is -0.199. The summed E-state index contributed by atoms with van der Waals surface area (Å²) in [6, 6.07) is 4.75. The average molecular weight is 308 g/mol. The monoisotopic (exact) mass is 308 g/mol. The molecule has 7 heteroatoms. The van der Waals surface area contributed by atoms with Crippen LogP contribution in [0.25, 0.3) is 0 Å². The molecule has 0 N–H and O–H groups in total. The number of esters is 2. The molecule has 0 unspecified atom stereocenters. The van der Waals surface area contributed by atoms with Crippen molar-refractivity contribution < 1.29 is 33.3 Å². The van der Waals surface area contributed by atoms with E-state index in [4.69, 9.17) is 9.47 Å². The van der Waals surface area contributed by atoms with Crippen LogP contribution >= 0.6 is 0 Å². The quantitative estimate of drug-likeness (QED) is 0.592. The van der Waals surface area contributed by atoms with Gasteiger partial charge in [0.05, 0.1) is 14.2 Å². The first kappa shape index (κ1) is 15.8. The summed E-state index contributed by atoms with van der Waals surface area (Å²) in [7, 11) is 2.21. The third-order valence-corrected chi connectivity index (χ3v) is 3.22. The van der Waals surface area contributed by atoms with Crippen molar-refractivity contribution in [1.29, 1.82) is 0 Å². The van der Waals surface area contributed by atoms with E-state index in [0.717, 1.165) is 14.2 Å². The summed E-state index contributed by atoms with van der Waals surface area (Å²) in [4.78, 5) is 35.3. The highest BCUT2D eigenvalue weighted by Gasteiger charge is 2.59. The number of methoxy groups -OCH3 is 2. The Balaban J connectivity index is 2.32. The molecule has 0 aliphatic carbocycles. The van der Waals surface area contributed by atoms with E-state index in [1.807, 2.05) is 0 Å². The van der Waals surface area contributed by atoms with Crippen molar-refractivity contribution >= 4 is 17.7 Å². The summed E-state index contributed by atoms with van der Waals surface area (Å²) in [6.07, 6.45) is 0.652. The highest BCUT2D eigenvalue weighted by Crippen LogP contribution is 2.41. The van der Waals surface area contributed by atoms with E-state index in [0.29, 0.717) is 12.0 Å². The van der Waals surface area contributed by atoms with Gasteiger partial charge < -0.3 is 18.9 Å². The topological polar surface area (TPSA) is 88.1 Å². The Kier molecular flexibility index (Phi) is 4.35. The smallest absolute Gasteiger partial charge is 0.453 e. The molecule has 0 radical (unpaired) electrons. The van der Waals surface area contributed by atoms with Crippen LogP contribution in [0.15, 0.2) is 18.2 Å². The number of benzene rings is 1. The maximum atomic E-state index is 11.9. The van der Waals surface area contributed by atoms with E-state index in [1.54, 1.807) is 19.1 Å². The molecule has 0 fully saturated rings. The predicted octanol–water partition coefficient (Wildman–Crippen LogP) is 1.02. The summed E-state index contributed by atoms with van der Waals surface area (Å²) in [5.74, 6) is -3.92. The fourth-order valence-electron chi connectivity index (χ4n) is 2.03. The van der Waals surface area contributed by atoms with Gasteiger partial charge in [0.25, 0.3) is 0 Å². The average Bonchev–Trinajstić information content (AvgIpc) is 2.92. The zero-order valence-corrected chi connectivity index (χ0v) is 12.5. The standard InChI is InChI=1S/C15H16O7/c1-4-10(16)7-9-5-6-11-12(8-9)22-15(21-11,13(17)19-2)14(18)20-3/h5-6,8H,4,7H2,1-3H3. The Hall–Kier alpha value is -2.57. The van der Waals surface area contributed by atoms with Crippen LogP contribution in [-0.2, 0) is 30.3 Å². The lowest BCUT2D eigenvalue weighted by Crippen LogP contribution is -2.55. The Labute approximate surface area is 127 Å². The number of fused-ring (bicyclic) bond motifs is 1. The summed E-state index contributed by atoms with van der Waals surface area (Å²) >= 11 is 0. The molecule has 1 aliphatic heterocycles. The Morgan fingerprint density at radius 2 is 1.64 bits per heavy atom. The van der Waals surface area contributed by atoms with Crippen LogP contribution < -0.4 is 9.47 Å². The van der Waals surface area contributed by atoms with Gasteiger partial charge in [0, 0.05) is 12.8 Å². The molecule has 0 amide bonds. The molecule has 1 aromatic rings. The van der Waals surface area contributed by atoms with Crippen molar-refractivity contribution in [2.24, 2.45) is 0 Å². The summed E-state index contributed by atoms with van der Waals surface area (Å²) in [5.41, 5.74) is 0.694. The minimum atomic E-state index is -2.31. The van der Waals surface area contributed by atoms with Gasteiger partial charge in [-0.25, -0.2) is 9.59 Å². The minimum absolute atomic E-state index is 0.0612. The first-order valence-corrected chi connectivity index (χ1v) is 6.66. The second kappa shape index (κ2) is 6.05. The number of rotatable bonds is 5. The van der Waals surface area contributed by atoms with Crippen molar-refractivity contribution in [2.75, 3.05) is 14.2 Å². The number of ether oxygens (including phenoxy) is 4. The normalized spacial score (nSPS) is 14.3. The molecule has 0 bridgehead atoms. The molecule has 22 heavy (non-hydrogen) atoms. The summed E-state index contributed by atoms with van der Waals surface area (Å²) in [6.45, 7) is 1.77. The number of Topliss-reactive ketones (excluding diaryl/α,β-unsaturated/α-hetero) is 1. The van der Waals surface area contributed by atoms with Crippen LogP contribution in [0.3, 0.4) is 0 Å². The van der Waals surface area contributed by atoms with Gasteiger partial charge in [0.1, 0.15) is 5.78 Å². The third-order valence-electron chi connectivity index (χ3n) is 3.22. The second-order valence-electron chi connectivity index (χ2n) is 4.65. The van der Waals surface area contributed by atoms with Crippen molar-refractivity contribution in [3.8, 4) is 11.5 Å². The second-order valence-corrected chi connectivity index (χ2v) is 4.65. The Morgan fingerprint density at radius 1 is 1.05 bits per heavy atom. The number of ketones is 1. The fourth-order valence-corrected chi connectivity index (χ4v) is 2.03. The molecule has 1 aromatic carbocycles. The first-order valence-electron chi connectivity index (χ1n) is 6.66. The van der Waals surface area contributed by atoms with E-state index in [2.05, 4.69) is 9.47 Å². The van der Waals surface area contributed by atoms with Gasteiger partial charge in [0.2, 0.25) is 0 Å². The maximum absolute atomic E-state index is 11.9. The van der Waals surface area contributed by atoms with Crippen LogP contribution in [0.1, 0.15) is 18.9 Å². The van der Waals surface area contributed by atoms with Crippen molar-refractivity contribution in [3.05, 3.63) is 23.8 Å². The molecule has 1 heterocycles. The number of carbonyl (C=O) groups excluding carboxylic acids is 3. The van der Waals surface area contributed by atoms with Crippen molar-refractivity contribution in [3.63, 3.8) is 0 Å². The van der Waals surface area contributed by atoms with E-state index < -0.39 is 17.7 Å². The maximum Gasteiger partial charge on any atom is 0.453 e. The number of hydrogen-bond acceptors (Lipinski definition) is 7. The molecule has 2 rings (SSSR count). The van der Waals surface area contributed by atoms with Gasteiger partial charge in [-0.1, -0.05) is 13.0 Å². The molecule has 7 nitrogen and oxygen atoms in total. The highest BCUT2D eigenvalue weighted by atomic mass is 16.8. The Bertz CT molecular complexity index is 604. The van der Waals surface area contributed by atoms with E-state index in [9.17, 15) is 14.4 Å². The molecule has 1 aliphatic rings. The fraction of sp³-hybridized carbons (Fsp3) is 0.400. The molecule has 0 atom stereocenters. The van der Waals surface area contributed by atoms with Gasteiger partial charge in [-0.3, -0.25) is 4.79 Å². The molecule has 118 valence electrons. The highest BCUT2D eigenvalue weighted by molar-refractivity contribution is 6.03. The van der Waals surface area contributed by atoms with Gasteiger partial charge >= 0.3 is 17.7 Å². The van der Waals surface area contributed by atoms with Gasteiger partial charge in [-0.15, -0.1) is 0 Å². The molecule has 0 spiro atoms. The molecular formula is C15H16O7. The van der Waals surface area contributed by atoms with E-state index in [-0.39, 0.29) is 23.7 Å². The van der Waals surface area contributed by atoms with E-state index >= 15 is 0 Å². The SMILES string of the molecule is CCC(=O)Cc1ccc2c(c1)OC(C(=O)OC)(C(=O)OC)O2. The Morgan fingerprint density at radius 3 is 2.18 bits per heavy atom. The summed E-state index contributed by atoms with van der Waals surface area (Å²) < 4.78 is 19.8. The number of carbonyl (C=O) groups is 3. The van der Waals surface area contributed by atoms with Crippen LogP contribution in [-0.4, -0.2) is 37.7 Å². The zero-order chi connectivity index (χ0) is 16.3. The third kappa shape index (κ3) is 2.61. The first-order chi connectivity index (χ1) is 10.5. The van der Waals surface area contributed by atoms with Crippen molar-refractivity contribution in [2.45, 2.75) is 25.6 Å². The van der Waals surface area contributed by atoms with Gasteiger partial charge in [-0.2, -0.15) is 0 Å². The summed E-state index contributed by atoms with van der Waals surface area (Å²) in [5, 5.41) is 0. The minimum Gasteiger partial charge on any atom is -0.463 e. The van der Waals surface area contributed by atoms with E-state index in [1.165, 1.54) is 6.07 Å². The lowest BCUT2D eigenvalue weighted by atomic mass is 10.1. The van der Waals surface area contributed by atoms with Gasteiger partial charge in [0.15, 0.2) is 11.5 Å². The lowest BCUT2D eigenvalue weighted by Gasteiger charge is -2.21. The van der Waals surface area contributed by atoms with Crippen molar-refractivity contribution in [1.82, 2.24) is 0 Å². The molecule has 0 saturated heterocycles. The van der Waals surface area contributed by atoms with Gasteiger partial charge in [-0.05, 0) is 17.7 Å². The molecular weight excluding hydrogens is 292 g/mol. The molecule has 0 aromatic heterocycles. The zero-order valence-electron chi connectivity index (χ0n) is 12.5. The predicted molar refractivity (Wildman–Crippen MR) is 73.5 cm³/mol. The molecule has 0 saturated carbocycles. The number of hydrogen-bond donors (Lipinski definition) is 0. The van der Waals surface area contributed by atoms with Crippen LogP contribution in [0, 0.1) is 0 Å². The van der Waals surface area contributed by atoms with Crippen LogP contribution in [0.2, 0.25) is 0 Å². The largest absolute Gasteiger partial charge is 0.463 e.